The molecule has 2 N–H and O–H groups in total. The standard InChI is InChI=1S/C3H8.C2H6O.CH4O/c1-3-2;1-2-3;1-2/h3H2,1-2H3;3H,2H2,1H3;2H,1H3. The number of hydrogen-bond acceptors (Lipinski definition) is 2. The minimum atomic E-state index is 0.250. The Kier molecular flexibility index (Phi) is 129. The van der Waals surface area contributed by atoms with E-state index in [0.717, 1.165) is 7.11 Å². The molecule has 0 aromatic rings. The van der Waals surface area contributed by atoms with Crippen molar-refractivity contribution in [2.75, 3.05) is 13.7 Å². The van der Waals surface area contributed by atoms with E-state index in [9.17, 15) is 0 Å². The molecule has 0 unspecified atom stereocenters. The summed E-state index contributed by atoms with van der Waals surface area (Å²) in [6.45, 7) is 6.18. The van der Waals surface area contributed by atoms with E-state index in [1.54, 1.807) is 6.92 Å². The molecule has 0 bridgehead atoms. The van der Waals surface area contributed by atoms with Gasteiger partial charge in [-0.25, -0.2) is 0 Å². The van der Waals surface area contributed by atoms with Gasteiger partial charge in [0.25, 0.3) is 0 Å². The summed E-state index contributed by atoms with van der Waals surface area (Å²) < 4.78 is 0. The lowest BCUT2D eigenvalue weighted by Gasteiger charge is -1.52. The first-order valence-corrected chi connectivity index (χ1v) is 2.88. The fraction of sp³-hybridized carbons (Fsp3) is 1.00. The Morgan fingerprint density at radius 2 is 1.00 bits per heavy atom. The lowest BCUT2D eigenvalue weighted by molar-refractivity contribution is 0.318. The summed E-state index contributed by atoms with van der Waals surface area (Å²) in [6.07, 6.45) is 1.25. The average molecular weight is 122 g/mol. The molecule has 0 heterocycles. The van der Waals surface area contributed by atoms with Crippen LogP contribution in [0.1, 0.15) is 27.2 Å². The summed E-state index contributed by atoms with van der Waals surface area (Å²) in [5, 5.41) is 14.6. The van der Waals surface area contributed by atoms with Crippen LogP contribution in [-0.4, -0.2) is 23.9 Å². The summed E-state index contributed by atoms with van der Waals surface area (Å²) in [5.74, 6) is 0. The van der Waals surface area contributed by atoms with Crippen molar-refractivity contribution in [3.63, 3.8) is 0 Å². The van der Waals surface area contributed by atoms with Gasteiger partial charge in [0.1, 0.15) is 0 Å². The van der Waals surface area contributed by atoms with Gasteiger partial charge in [0.15, 0.2) is 0 Å². The van der Waals surface area contributed by atoms with Crippen LogP contribution in [0.5, 0.6) is 0 Å². The fourth-order valence-corrected chi connectivity index (χ4v) is 0. The first-order chi connectivity index (χ1) is 3.83. The summed E-state index contributed by atoms with van der Waals surface area (Å²) in [7, 11) is 1.00. The second-order valence-corrected chi connectivity index (χ2v) is 1.02. The first-order valence-electron chi connectivity index (χ1n) is 2.88. The maximum atomic E-state index is 7.57. The van der Waals surface area contributed by atoms with Gasteiger partial charge < -0.3 is 10.2 Å². The van der Waals surface area contributed by atoms with Crippen molar-refractivity contribution >= 4 is 0 Å². The number of aliphatic hydroxyl groups is 2. The van der Waals surface area contributed by atoms with Crippen molar-refractivity contribution < 1.29 is 10.2 Å². The normalized spacial score (nSPS) is 5.25. The van der Waals surface area contributed by atoms with Crippen molar-refractivity contribution in [3.05, 3.63) is 0 Å². The molecule has 2 nitrogen and oxygen atoms in total. The van der Waals surface area contributed by atoms with Gasteiger partial charge in [-0.2, -0.15) is 0 Å². The molecular weight excluding hydrogens is 104 g/mol. The number of rotatable bonds is 0. The zero-order chi connectivity index (χ0) is 7.41. The Morgan fingerprint density at radius 3 is 1.00 bits per heavy atom. The summed E-state index contributed by atoms with van der Waals surface area (Å²) >= 11 is 0. The minimum absolute atomic E-state index is 0.250. The van der Waals surface area contributed by atoms with E-state index in [2.05, 4.69) is 13.8 Å². The summed E-state index contributed by atoms with van der Waals surface area (Å²) in [5.41, 5.74) is 0. The minimum Gasteiger partial charge on any atom is -0.400 e. The van der Waals surface area contributed by atoms with Gasteiger partial charge in [-0.15, -0.1) is 0 Å². The van der Waals surface area contributed by atoms with Crippen molar-refractivity contribution in [3.8, 4) is 0 Å². The molecule has 0 saturated carbocycles. The highest BCUT2D eigenvalue weighted by atomic mass is 16.2. The van der Waals surface area contributed by atoms with E-state index >= 15 is 0 Å². The van der Waals surface area contributed by atoms with E-state index in [1.165, 1.54) is 6.42 Å². The van der Waals surface area contributed by atoms with Crippen molar-refractivity contribution in [1.29, 1.82) is 0 Å². The highest BCUT2D eigenvalue weighted by Crippen LogP contribution is 1.56. The van der Waals surface area contributed by atoms with E-state index in [0.29, 0.717) is 0 Å². The largest absolute Gasteiger partial charge is 0.400 e. The van der Waals surface area contributed by atoms with Gasteiger partial charge in [-0.1, -0.05) is 20.3 Å². The molecule has 0 aromatic carbocycles. The molecule has 0 aliphatic carbocycles. The number of hydrogen-bond donors (Lipinski definition) is 2. The van der Waals surface area contributed by atoms with Crippen molar-refractivity contribution in [2.45, 2.75) is 27.2 Å². The molecule has 0 atom stereocenters. The highest BCUT2D eigenvalue weighted by molar-refractivity contribution is 3.92. The molecular formula is C6H18O2. The van der Waals surface area contributed by atoms with Gasteiger partial charge in [0.2, 0.25) is 0 Å². The van der Waals surface area contributed by atoms with Gasteiger partial charge in [-0.3, -0.25) is 0 Å². The van der Waals surface area contributed by atoms with Gasteiger partial charge in [0, 0.05) is 13.7 Å². The second kappa shape index (κ2) is 65.8. The quantitative estimate of drug-likeness (QED) is 0.503. The maximum absolute atomic E-state index is 7.57. The van der Waals surface area contributed by atoms with Crippen LogP contribution in [0.4, 0.5) is 0 Å². The number of aliphatic hydroxyl groups excluding tert-OH is 2. The Bertz CT molecular complexity index is 8.49. The van der Waals surface area contributed by atoms with Gasteiger partial charge in [-0.05, 0) is 6.92 Å². The van der Waals surface area contributed by atoms with Crippen molar-refractivity contribution in [1.82, 2.24) is 0 Å². The molecule has 0 amide bonds. The molecule has 0 rings (SSSR count). The zero-order valence-electron chi connectivity index (χ0n) is 6.31. The topological polar surface area (TPSA) is 40.5 Å². The maximum Gasteiger partial charge on any atom is 0.0402 e. The van der Waals surface area contributed by atoms with Crippen LogP contribution in [0.2, 0.25) is 0 Å². The average Bonchev–Trinajstić information content (AvgIpc) is 1.75. The van der Waals surface area contributed by atoms with E-state index in [1.807, 2.05) is 0 Å². The molecule has 8 heavy (non-hydrogen) atoms. The molecule has 54 valence electrons. The lowest BCUT2D eigenvalue weighted by atomic mass is 10.6. The smallest absolute Gasteiger partial charge is 0.0402 e. The van der Waals surface area contributed by atoms with Gasteiger partial charge in [0.05, 0.1) is 0 Å². The molecule has 0 fully saturated rings. The van der Waals surface area contributed by atoms with E-state index in [4.69, 9.17) is 10.2 Å². The predicted octanol–water partition coefficient (Wildman–Crippen LogP) is 1.02. The lowest BCUT2D eigenvalue weighted by Crippen LogP contribution is -1.57. The molecule has 0 radical (unpaired) electrons. The Balaban J connectivity index is -0.0000000483. The van der Waals surface area contributed by atoms with Crippen LogP contribution in [0, 0.1) is 0 Å². The summed E-state index contributed by atoms with van der Waals surface area (Å²) in [4.78, 5) is 0. The van der Waals surface area contributed by atoms with Crippen LogP contribution >= 0.6 is 0 Å². The van der Waals surface area contributed by atoms with Crippen LogP contribution in [0.3, 0.4) is 0 Å². The fourth-order valence-electron chi connectivity index (χ4n) is 0. The molecule has 0 aliphatic heterocycles. The third-order valence-corrected chi connectivity index (χ3v) is 0. The molecule has 2 heteroatoms. The third kappa shape index (κ3) is 22400. The zero-order valence-corrected chi connectivity index (χ0v) is 6.31. The van der Waals surface area contributed by atoms with Crippen LogP contribution in [-0.2, 0) is 0 Å². The third-order valence-electron chi connectivity index (χ3n) is 0. The van der Waals surface area contributed by atoms with Crippen LogP contribution in [0.25, 0.3) is 0 Å². The second-order valence-electron chi connectivity index (χ2n) is 1.02. The Hall–Kier alpha value is -0.0800. The Labute approximate surface area is 52.2 Å². The predicted molar refractivity (Wildman–Crippen MR) is 36.9 cm³/mol. The molecule has 0 aromatic heterocycles. The highest BCUT2D eigenvalue weighted by Gasteiger charge is 1.35. The summed E-state index contributed by atoms with van der Waals surface area (Å²) in [6, 6.07) is 0. The molecule has 0 aliphatic rings. The molecule has 0 spiro atoms. The first kappa shape index (κ1) is 15.7. The van der Waals surface area contributed by atoms with Gasteiger partial charge >= 0.3 is 0 Å². The monoisotopic (exact) mass is 122 g/mol. The van der Waals surface area contributed by atoms with Crippen LogP contribution in [0.15, 0.2) is 0 Å². The molecule has 0 saturated heterocycles. The van der Waals surface area contributed by atoms with E-state index < -0.39 is 0 Å². The van der Waals surface area contributed by atoms with Crippen LogP contribution < -0.4 is 0 Å². The van der Waals surface area contributed by atoms with E-state index in [-0.39, 0.29) is 6.61 Å². The van der Waals surface area contributed by atoms with Crippen molar-refractivity contribution in [2.24, 2.45) is 0 Å². The SMILES string of the molecule is CCC.CCO.CO. The Morgan fingerprint density at radius 1 is 1.00 bits per heavy atom.